The Labute approximate surface area is 191 Å². The zero-order chi connectivity index (χ0) is 26.3. The molecule has 2 aromatic heterocycles. The molecule has 25 heteroatoms. The first kappa shape index (κ1) is 27.3. The number of nitrogens with one attached hydrogen (secondary N) is 1. The minimum Gasteiger partial charge on any atom is -0.387 e. The van der Waals surface area contributed by atoms with E-state index < -0.39 is 72.1 Å². The van der Waals surface area contributed by atoms with Crippen LogP contribution in [-0.4, -0.2) is 74.2 Å². The van der Waals surface area contributed by atoms with Crippen molar-refractivity contribution < 1.29 is 61.4 Å². The SMILES string of the molecule is [N-]=[N+]=Nc1nc2c(=O)[nH]c(N)nc2n1[C@@H]1O[C@H](COP(=O)(O)OP(=O)(O)OP(=O)(O)O)[C@@H](O)[C@H]1O. The molecule has 2 aromatic rings. The Kier molecular flexibility index (Phi) is 7.55. The molecular weight excluding hydrogens is 549 g/mol. The number of nitrogen functional groups attached to an aromatic ring is 1. The summed E-state index contributed by atoms with van der Waals surface area (Å²) >= 11 is 0. The van der Waals surface area contributed by atoms with Crippen LogP contribution >= 0.6 is 23.5 Å². The van der Waals surface area contributed by atoms with Gasteiger partial charge >= 0.3 is 23.5 Å². The molecule has 3 heterocycles. The van der Waals surface area contributed by atoms with Gasteiger partial charge in [0.25, 0.3) is 5.56 Å². The van der Waals surface area contributed by atoms with E-state index >= 15 is 0 Å². The Hall–Kier alpha value is -2.25. The standard InChI is InChI=1S/C10H15N8O14P3/c11-9-14-6-3(7(21)15-9)13-10(16-17-12)18(6)8-5(20)4(19)2(30-8)1-29-34(25,26)32-35(27,28)31-33(22,23)24/h2,4-5,8,19-20H,1H2,(H,25,26)(H,27,28)(H2,22,23,24)(H3,11,14,15,21)/t2-,4-,5-,8-/m1/s1. The highest BCUT2D eigenvalue weighted by Crippen LogP contribution is 2.66. The van der Waals surface area contributed by atoms with Gasteiger partial charge in [0.1, 0.15) is 18.3 Å². The van der Waals surface area contributed by atoms with Crippen LogP contribution in [0.2, 0.25) is 0 Å². The van der Waals surface area contributed by atoms with E-state index in [2.05, 4.69) is 38.1 Å². The molecule has 194 valence electrons. The minimum absolute atomic E-state index is 0.335. The van der Waals surface area contributed by atoms with Crippen molar-refractivity contribution in [3.8, 4) is 0 Å². The van der Waals surface area contributed by atoms with Crippen LogP contribution < -0.4 is 11.3 Å². The van der Waals surface area contributed by atoms with Gasteiger partial charge < -0.3 is 40.3 Å². The van der Waals surface area contributed by atoms with Crippen LogP contribution in [0.5, 0.6) is 0 Å². The summed E-state index contributed by atoms with van der Waals surface area (Å²) in [5.74, 6) is -0.940. The number of aliphatic hydroxyl groups excluding tert-OH is 2. The number of aliphatic hydroxyl groups is 2. The Morgan fingerprint density at radius 1 is 1.14 bits per heavy atom. The Bertz CT molecular complexity index is 1380. The third-order valence-corrected chi connectivity index (χ3v) is 7.90. The van der Waals surface area contributed by atoms with Crippen molar-refractivity contribution >= 4 is 46.5 Å². The molecular formula is C10H15N8O14P3. The Balaban J connectivity index is 1.84. The van der Waals surface area contributed by atoms with Crippen molar-refractivity contribution in [2.24, 2.45) is 5.11 Å². The summed E-state index contributed by atoms with van der Waals surface area (Å²) < 4.78 is 51.6. The maximum atomic E-state index is 12.1. The lowest BCUT2D eigenvalue weighted by molar-refractivity contribution is -0.0495. The van der Waals surface area contributed by atoms with Crippen molar-refractivity contribution in [1.29, 1.82) is 0 Å². The van der Waals surface area contributed by atoms with Gasteiger partial charge in [-0.15, -0.1) is 0 Å². The van der Waals surface area contributed by atoms with Crippen LogP contribution in [0.1, 0.15) is 6.23 Å². The monoisotopic (exact) mass is 564 g/mol. The zero-order valence-electron chi connectivity index (χ0n) is 16.6. The highest BCUT2D eigenvalue weighted by molar-refractivity contribution is 7.66. The molecule has 0 bridgehead atoms. The average molecular weight is 564 g/mol. The van der Waals surface area contributed by atoms with Crippen LogP contribution in [0.15, 0.2) is 9.91 Å². The van der Waals surface area contributed by atoms with E-state index in [9.17, 15) is 33.6 Å². The lowest BCUT2D eigenvalue weighted by Crippen LogP contribution is -2.33. The molecule has 9 N–H and O–H groups in total. The number of H-pyrrole nitrogens is 1. The molecule has 0 spiro atoms. The summed E-state index contributed by atoms with van der Waals surface area (Å²) in [6, 6.07) is 0. The molecule has 1 aliphatic heterocycles. The molecule has 0 radical (unpaired) electrons. The zero-order valence-corrected chi connectivity index (χ0v) is 19.3. The lowest BCUT2D eigenvalue weighted by atomic mass is 10.1. The molecule has 3 rings (SSSR count). The fraction of sp³-hybridized carbons (Fsp3) is 0.500. The van der Waals surface area contributed by atoms with Gasteiger partial charge in [0.2, 0.25) is 11.9 Å². The van der Waals surface area contributed by atoms with Gasteiger partial charge in [0, 0.05) is 4.91 Å². The van der Waals surface area contributed by atoms with Crippen molar-refractivity contribution in [2.45, 2.75) is 24.5 Å². The Morgan fingerprint density at radius 2 is 1.80 bits per heavy atom. The largest absolute Gasteiger partial charge is 0.490 e. The molecule has 0 aromatic carbocycles. The number of imidazole rings is 1. The summed E-state index contributed by atoms with van der Waals surface area (Å²) in [6.45, 7) is -1.11. The summed E-state index contributed by atoms with van der Waals surface area (Å²) in [7, 11) is -17.0. The summed E-state index contributed by atoms with van der Waals surface area (Å²) in [5, 5.41) is 23.9. The van der Waals surface area contributed by atoms with E-state index in [1.54, 1.807) is 0 Å². The molecule has 35 heavy (non-hydrogen) atoms. The van der Waals surface area contributed by atoms with Crippen molar-refractivity contribution in [2.75, 3.05) is 12.3 Å². The Morgan fingerprint density at radius 3 is 2.40 bits per heavy atom. The third-order valence-electron chi connectivity index (χ3n) is 4.09. The topological polar surface area (TPSA) is 348 Å². The van der Waals surface area contributed by atoms with Crippen LogP contribution in [-0.2, 0) is 31.6 Å². The first-order valence-corrected chi connectivity index (χ1v) is 13.2. The second-order valence-electron chi connectivity index (χ2n) is 6.53. The van der Waals surface area contributed by atoms with Crippen LogP contribution in [0, 0.1) is 0 Å². The van der Waals surface area contributed by atoms with Gasteiger partial charge in [-0.2, -0.15) is 13.6 Å². The average Bonchev–Trinajstić information content (AvgIpc) is 3.15. The summed E-state index contributed by atoms with van der Waals surface area (Å²) in [5.41, 5.74) is 12.7. The van der Waals surface area contributed by atoms with E-state index in [0.29, 0.717) is 0 Å². The molecule has 0 saturated carbocycles. The second kappa shape index (κ2) is 9.66. The number of fused-ring (bicyclic) bond motifs is 1. The molecule has 0 aliphatic carbocycles. The van der Waals surface area contributed by atoms with Crippen LogP contribution in [0.25, 0.3) is 21.6 Å². The highest BCUT2D eigenvalue weighted by atomic mass is 31.3. The van der Waals surface area contributed by atoms with E-state index in [0.717, 1.165) is 4.57 Å². The van der Waals surface area contributed by atoms with Gasteiger partial charge in [0.15, 0.2) is 17.4 Å². The summed E-state index contributed by atoms with van der Waals surface area (Å²) in [6.07, 6.45) is -7.12. The number of hydrogen-bond donors (Lipinski definition) is 8. The number of phosphoric acid groups is 3. The number of ether oxygens (including phenoxy) is 1. The van der Waals surface area contributed by atoms with E-state index in [-0.39, 0.29) is 11.2 Å². The predicted molar refractivity (Wildman–Crippen MR) is 107 cm³/mol. The lowest BCUT2D eigenvalue weighted by Gasteiger charge is -2.19. The molecule has 22 nitrogen and oxygen atoms in total. The maximum Gasteiger partial charge on any atom is 0.490 e. The molecule has 1 aliphatic rings. The van der Waals surface area contributed by atoms with Gasteiger partial charge in [-0.3, -0.25) is 18.9 Å². The number of hydrogen-bond acceptors (Lipinski definition) is 14. The van der Waals surface area contributed by atoms with Gasteiger partial charge in [0.05, 0.1) is 6.61 Å². The van der Waals surface area contributed by atoms with Crippen molar-refractivity contribution in [1.82, 2.24) is 19.5 Å². The van der Waals surface area contributed by atoms with E-state index in [1.165, 1.54) is 0 Å². The van der Waals surface area contributed by atoms with E-state index in [1.807, 2.05) is 0 Å². The normalized spacial score (nSPS) is 26.2. The number of azide groups is 1. The second-order valence-corrected chi connectivity index (χ2v) is 10.9. The number of nitrogens with two attached hydrogens (primary N) is 1. The first-order valence-electron chi connectivity index (χ1n) is 8.66. The number of aromatic amines is 1. The molecule has 1 fully saturated rings. The minimum atomic E-state index is -5.79. The third kappa shape index (κ3) is 6.31. The van der Waals surface area contributed by atoms with Gasteiger partial charge in [-0.1, -0.05) is 0 Å². The van der Waals surface area contributed by atoms with E-state index in [4.69, 9.17) is 30.7 Å². The number of anilines is 1. The van der Waals surface area contributed by atoms with Crippen molar-refractivity contribution in [3.63, 3.8) is 0 Å². The smallest absolute Gasteiger partial charge is 0.387 e. The van der Waals surface area contributed by atoms with Crippen molar-refractivity contribution in [3.05, 3.63) is 20.8 Å². The molecule has 2 unspecified atom stereocenters. The number of rotatable bonds is 9. The molecule has 6 atom stereocenters. The quantitative estimate of drug-likeness (QED) is 0.0751. The summed E-state index contributed by atoms with van der Waals surface area (Å²) in [4.78, 5) is 60.0. The maximum absolute atomic E-state index is 12.1. The fourth-order valence-electron chi connectivity index (χ4n) is 2.89. The van der Waals surface area contributed by atoms with Crippen LogP contribution in [0.4, 0.5) is 11.9 Å². The highest BCUT2D eigenvalue weighted by Gasteiger charge is 2.47. The van der Waals surface area contributed by atoms with Gasteiger partial charge in [-0.05, 0) is 10.6 Å². The predicted octanol–water partition coefficient (Wildman–Crippen LogP) is -1.39. The van der Waals surface area contributed by atoms with Crippen LogP contribution in [0.3, 0.4) is 0 Å². The first-order chi connectivity index (χ1) is 16.0. The molecule has 1 saturated heterocycles. The number of aromatic nitrogens is 4. The number of phosphoric ester groups is 1. The molecule has 0 amide bonds. The number of nitrogens with zero attached hydrogens (tertiary/aromatic N) is 6. The fourth-order valence-corrected chi connectivity index (χ4v) is 5.92. The van der Waals surface area contributed by atoms with Gasteiger partial charge in [-0.25, -0.2) is 18.7 Å².